The topological polar surface area (TPSA) is 59.0 Å². The summed E-state index contributed by atoms with van der Waals surface area (Å²) < 4.78 is 1.78. The van der Waals surface area contributed by atoms with E-state index in [1.54, 1.807) is 16.4 Å². The number of nitrogens with zero attached hydrogens (tertiary/aromatic N) is 2. The lowest BCUT2D eigenvalue weighted by Gasteiger charge is -2.17. The number of aromatic nitrogens is 2. The van der Waals surface area contributed by atoms with Gasteiger partial charge in [-0.05, 0) is 30.0 Å². The second kappa shape index (κ2) is 7.86. The molecule has 1 saturated heterocycles. The van der Waals surface area contributed by atoms with Gasteiger partial charge in [0.05, 0.1) is 12.1 Å². The zero-order valence-electron chi connectivity index (χ0n) is 13.2. The molecule has 124 valence electrons. The van der Waals surface area contributed by atoms with Crippen LogP contribution in [0.2, 0.25) is 0 Å². The first-order chi connectivity index (χ1) is 10.7. The first kappa shape index (κ1) is 17.8. The smallest absolute Gasteiger partial charge is 0.229 e. The average molecular weight is 353 g/mol. The Bertz CT molecular complexity index is 676. The minimum atomic E-state index is -0.0675. The lowest BCUT2D eigenvalue weighted by molar-refractivity contribution is -0.119. The first-order valence-electron chi connectivity index (χ1n) is 7.31. The number of thioether (sulfide) groups is 1. The summed E-state index contributed by atoms with van der Waals surface area (Å²) in [4.78, 5) is 13.8. The molecule has 2 heterocycles. The molecule has 0 saturated carbocycles. The molecule has 1 aromatic carbocycles. The van der Waals surface area contributed by atoms with Crippen LogP contribution in [0.3, 0.4) is 0 Å². The Morgan fingerprint density at radius 2 is 2.26 bits per heavy atom. The van der Waals surface area contributed by atoms with E-state index in [0.717, 1.165) is 22.7 Å². The molecule has 1 fully saturated rings. The molecule has 1 amide bonds. The predicted molar refractivity (Wildman–Crippen MR) is 96.4 cm³/mol. The fourth-order valence-electron chi connectivity index (χ4n) is 2.87. The molecule has 0 bridgehead atoms. The van der Waals surface area contributed by atoms with E-state index in [2.05, 4.69) is 15.7 Å². The van der Waals surface area contributed by atoms with Crippen molar-refractivity contribution in [2.45, 2.75) is 10.8 Å². The Balaban J connectivity index is 0.00000192. The Labute approximate surface area is 146 Å². The van der Waals surface area contributed by atoms with Crippen LogP contribution in [-0.4, -0.2) is 35.0 Å². The molecule has 0 aliphatic carbocycles. The molecule has 2 N–H and O–H groups in total. The minimum absolute atomic E-state index is 0. The zero-order chi connectivity index (χ0) is 15.5. The van der Waals surface area contributed by atoms with Crippen LogP contribution in [-0.2, 0) is 11.8 Å². The van der Waals surface area contributed by atoms with Gasteiger partial charge < -0.3 is 10.6 Å². The third kappa shape index (κ3) is 4.07. The summed E-state index contributed by atoms with van der Waals surface area (Å²) in [7, 11) is 1.90. The number of nitrogens with one attached hydrogen (secondary N) is 2. The van der Waals surface area contributed by atoms with Gasteiger partial charge in [-0.3, -0.25) is 9.48 Å². The first-order valence-corrected chi connectivity index (χ1v) is 8.54. The van der Waals surface area contributed by atoms with E-state index in [0.29, 0.717) is 6.54 Å². The van der Waals surface area contributed by atoms with Crippen molar-refractivity contribution >= 4 is 35.8 Å². The molecule has 2 aromatic rings. The van der Waals surface area contributed by atoms with Crippen LogP contribution in [0.5, 0.6) is 0 Å². The van der Waals surface area contributed by atoms with Gasteiger partial charge in [0.2, 0.25) is 5.91 Å². The van der Waals surface area contributed by atoms with Crippen LogP contribution < -0.4 is 10.6 Å². The molecule has 0 spiro atoms. The lowest BCUT2D eigenvalue weighted by atomic mass is 9.90. The number of halogens is 1. The zero-order valence-corrected chi connectivity index (χ0v) is 14.8. The molecular weight excluding hydrogens is 332 g/mol. The number of carbonyl (C=O) groups excluding carboxylic acids is 1. The fraction of sp³-hybridized carbons (Fsp3) is 0.375. The number of hydrogen-bond acceptors (Lipinski definition) is 4. The standard InChI is InChI=1S/C16H20N4OS.ClH/c1-20-10-11(7-18-20)14-8-17-9-15(14)16(21)19-12-4-3-5-13(6-12)22-2;/h3-7,10,14-15,17H,8-9H2,1-2H3,(H,19,21);1H/t14-,15+;/m1./s1. The van der Waals surface area contributed by atoms with Crippen molar-refractivity contribution in [3.05, 3.63) is 42.2 Å². The van der Waals surface area contributed by atoms with Crippen molar-refractivity contribution in [2.75, 3.05) is 24.7 Å². The fourth-order valence-corrected chi connectivity index (χ4v) is 3.33. The van der Waals surface area contributed by atoms with E-state index in [4.69, 9.17) is 0 Å². The molecular formula is C16H21ClN4OS. The third-order valence-electron chi connectivity index (χ3n) is 4.04. The lowest BCUT2D eigenvalue weighted by Crippen LogP contribution is -2.28. The summed E-state index contributed by atoms with van der Waals surface area (Å²) in [6, 6.07) is 7.94. The second-order valence-electron chi connectivity index (χ2n) is 5.54. The number of hydrogen-bond donors (Lipinski definition) is 2. The van der Waals surface area contributed by atoms with E-state index >= 15 is 0 Å². The summed E-state index contributed by atoms with van der Waals surface area (Å²) in [6.45, 7) is 1.52. The Morgan fingerprint density at radius 1 is 1.43 bits per heavy atom. The summed E-state index contributed by atoms with van der Waals surface area (Å²) in [5, 5.41) is 10.6. The summed E-state index contributed by atoms with van der Waals surface area (Å²) in [6.07, 6.45) is 5.87. The molecule has 1 aromatic heterocycles. The highest BCUT2D eigenvalue weighted by molar-refractivity contribution is 7.98. The highest BCUT2D eigenvalue weighted by Crippen LogP contribution is 2.29. The van der Waals surface area contributed by atoms with Gasteiger partial charge in [0.15, 0.2) is 0 Å². The monoisotopic (exact) mass is 352 g/mol. The van der Waals surface area contributed by atoms with Gasteiger partial charge in [0.1, 0.15) is 0 Å². The van der Waals surface area contributed by atoms with Crippen LogP contribution >= 0.6 is 24.2 Å². The Kier molecular flexibility index (Phi) is 6.10. The van der Waals surface area contributed by atoms with Gasteiger partial charge in [-0.25, -0.2) is 0 Å². The van der Waals surface area contributed by atoms with Crippen molar-refractivity contribution in [3.63, 3.8) is 0 Å². The van der Waals surface area contributed by atoms with Gasteiger partial charge in [0, 0.05) is 42.8 Å². The largest absolute Gasteiger partial charge is 0.326 e. The molecule has 23 heavy (non-hydrogen) atoms. The normalized spacial score (nSPS) is 20.1. The maximum absolute atomic E-state index is 12.6. The maximum atomic E-state index is 12.6. The SMILES string of the molecule is CSc1cccc(NC(=O)[C@H]2CNC[C@@H]2c2cnn(C)c2)c1.Cl. The van der Waals surface area contributed by atoms with Gasteiger partial charge in [-0.1, -0.05) is 6.07 Å². The summed E-state index contributed by atoms with van der Waals surface area (Å²) in [5.41, 5.74) is 1.97. The Morgan fingerprint density at radius 3 is 2.96 bits per heavy atom. The molecule has 3 rings (SSSR count). The van der Waals surface area contributed by atoms with E-state index in [1.165, 1.54) is 0 Å². The Hall–Kier alpha value is -1.50. The molecule has 7 heteroatoms. The van der Waals surface area contributed by atoms with Gasteiger partial charge in [-0.15, -0.1) is 24.2 Å². The molecule has 5 nitrogen and oxygen atoms in total. The number of anilines is 1. The van der Waals surface area contributed by atoms with Gasteiger partial charge in [-0.2, -0.15) is 5.10 Å². The predicted octanol–water partition coefficient (Wildman–Crippen LogP) is 2.51. The van der Waals surface area contributed by atoms with Crippen LogP contribution in [0.1, 0.15) is 11.5 Å². The maximum Gasteiger partial charge on any atom is 0.229 e. The van der Waals surface area contributed by atoms with Crippen LogP contribution in [0, 0.1) is 5.92 Å². The number of rotatable bonds is 4. The highest BCUT2D eigenvalue weighted by atomic mass is 35.5. The van der Waals surface area contributed by atoms with Crippen molar-refractivity contribution in [3.8, 4) is 0 Å². The van der Waals surface area contributed by atoms with Crippen LogP contribution in [0.15, 0.2) is 41.6 Å². The molecule has 0 unspecified atom stereocenters. The van der Waals surface area contributed by atoms with Crippen molar-refractivity contribution in [1.82, 2.24) is 15.1 Å². The van der Waals surface area contributed by atoms with E-state index in [1.807, 2.05) is 50.0 Å². The number of carbonyl (C=O) groups is 1. The average Bonchev–Trinajstić information content (AvgIpc) is 3.15. The summed E-state index contributed by atoms with van der Waals surface area (Å²) >= 11 is 1.67. The van der Waals surface area contributed by atoms with Crippen molar-refractivity contribution in [2.24, 2.45) is 13.0 Å². The van der Waals surface area contributed by atoms with E-state index in [-0.39, 0.29) is 30.2 Å². The van der Waals surface area contributed by atoms with Gasteiger partial charge >= 0.3 is 0 Å². The number of amides is 1. The minimum Gasteiger partial charge on any atom is -0.326 e. The van der Waals surface area contributed by atoms with E-state index < -0.39 is 0 Å². The molecule has 1 aliphatic rings. The third-order valence-corrected chi connectivity index (χ3v) is 4.77. The van der Waals surface area contributed by atoms with Crippen molar-refractivity contribution in [1.29, 1.82) is 0 Å². The van der Waals surface area contributed by atoms with E-state index in [9.17, 15) is 4.79 Å². The van der Waals surface area contributed by atoms with Crippen LogP contribution in [0.4, 0.5) is 5.69 Å². The second-order valence-corrected chi connectivity index (χ2v) is 6.42. The van der Waals surface area contributed by atoms with Crippen LogP contribution in [0.25, 0.3) is 0 Å². The molecule has 1 aliphatic heterocycles. The highest BCUT2D eigenvalue weighted by Gasteiger charge is 2.34. The van der Waals surface area contributed by atoms with Gasteiger partial charge in [0.25, 0.3) is 0 Å². The summed E-state index contributed by atoms with van der Waals surface area (Å²) in [5.74, 6) is 0.177. The van der Waals surface area contributed by atoms with Crippen molar-refractivity contribution < 1.29 is 4.79 Å². The molecule has 0 radical (unpaired) electrons. The number of benzene rings is 1. The molecule has 2 atom stereocenters. The number of aryl methyl sites for hydroxylation is 1. The quantitative estimate of drug-likeness (QED) is 0.830.